The van der Waals surface area contributed by atoms with E-state index in [0.29, 0.717) is 0 Å². The van der Waals surface area contributed by atoms with E-state index >= 15 is 0 Å². The average Bonchev–Trinajstić information content (AvgIpc) is 2.73. The van der Waals surface area contributed by atoms with E-state index in [1.807, 2.05) is 21.6 Å². The molecule has 0 aliphatic rings. The molecule has 0 saturated heterocycles. The Balaban J connectivity index is 2.42. The van der Waals surface area contributed by atoms with Gasteiger partial charge in [-0.05, 0) is 6.07 Å². The molecule has 0 N–H and O–H groups in total. The van der Waals surface area contributed by atoms with Gasteiger partial charge in [-0.15, -0.1) is 0 Å². The number of nitrogens with zero attached hydrogens (tertiary/aromatic N) is 5. The molecule has 0 aliphatic carbocycles. The predicted molar refractivity (Wildman–Crippen MR) is 56.1 cm³/mol. The summed E-state index contributed by atoms with van der Waals surface area (Å²) in [5, 5.41) is 8.45. The molecule has 5 heteroatoms. The first-order valence-corrected chi connectivity index (χ1v) is 4.92. The fraction of sp³-hybridized carbons (Fsp3) is 0.500. The van der Waals surface area contributed by atoms with Crippen LogP contribution < -0.4 is 0 Å². The first-order chi connectivity index (χ1) is 7.09. The topological polar surface area (TPSA) is 48.5 Å². The van der Waals surface area contributed by atoms with Crippen molar-refractivity contribution in [2.75, 3.05) is 0 Å². The molecule has 0 aliphatic heterocycles. The largest absolute Gasteiger partial charge is 0.247 e. The third-order valence-corrected chi connectivity index (χ3v) is 2.24. The summed E-state index contributed by atoms with van der Waals surface area (Å²) < 4.78 is 3.72. The van der Waals surface area contributed by atoms with Crippen molar-refractivity contribution in [3.8, 4) is 0 Å². The van der Waals surface area contributed by atoms with Gasteiger partial charge in [0.2, 0.25) is 0 Å². The highest BCUT2D eigenvalue weighted by atomic mass is 15.5. The van der Waals surface area contributed by atoms with E-state index in [0.717, 1.165) is 0 Å². The summed E-state index contributed by atoms with van der Waals surface area (Å²) in [7, 11) is 0. The second-order valence-corrected chi connectivity index (χ2v) is 4.60. The minimum atomic E-state index is 0.0275. The van der Waals surface area contributed by atoms with Gasteiger partial charge in [-0.2, -0.15) is 10.2 Å². The van der Waals surface area contributed by atoms with Crippen LogP contribution in [0.4, 0.5) is 0 Å². The molecule has 0 saturated carbocycles. The Hall–Kier alpha value is -1.65. The van der Waals surface area contributed by atoms with Crippen LogP contribution in [0.15, 0.2) is 31.1 Å². The Morgan fingerprint density at radius 2 is 1.93 bits per heavy atom. The lowest BCUT2D eigenvalue weighted by Crippen LogP contribution is -2.31. The van der Waals surface area contributed by atoms with Crippen molar-refractivity contribution in [2.24, 2.45) is 5.41 Å². The summed E-state index contributed by atoms with van der Waals surface area (Å²) in [6, 6.07) is 1.91. The quantitative estimate of drug-likeness (QED) is 0.747. The van der Waals surface area contributed by atoms with Crippen LogP contribution in [0.1, 0.15) is 26.9 Å². The van der Waals surface area contributed by atoms with Gasteiger partial charge in [0.1, 0.15) is 18.8 Å². The molecule has 2 heterocycles. The van der Waals surface area contributed by atoms with Crippen molar-refractivity contribution in [2.45, 2.75) is 26.9 Å². The second-order valence-electron chi connectivity index (χ2n) is 4.60. The fourth-order valence-corrected chi connectivity index (χ4v) is 1.68. The van der Waals surface area contributed by atoms with Crippen molar-refractivity contribution in [3.05, 3.63) is 31.1 Å². The zero-order valence-corrected chi connectivity index (χ0v) is 9.20. The van der Waals surface area contributed by atoms with E-state index in [9.17, 15) is 0 Å². The van der Waals surface area contributed by atoms with Crippen LogP contribution in [0, 0.1) is 5.41 Å². The van der Waals surface area contributed by atoms with Crippen molar-refractivity contribution in [1.82, 2.24) is 24.5 Å². The van der Waals surface area contributed by atoms with Crippen LogP contribution in [-0.2, 0) is 0 Å². The van der Waals surface area contributed by atoms with Crippen LogP contribution in [0.3, 0.4) is 0 Å². The Labute approximate surface area is 88.7 Å². The van der Waals surface area contributed by atoms with Crippen molar-refractivity contribution in [3.63, 3.8) is 0 Å². The molecule has 1 atom stereocenters. The van der Waals surface area contributed by atoms with Gasteiger partial charge < -0.3 is 0 Å². The molecule has 0 amide bonds. The highest BCUT2D eigenvalue weighted by Crippen LogP contribution is 2.30. The molecule has 5 nitrogen and oxygen atoms in total. The highest BCUT2D eigenvalue weighted by Gasteiger charge is 2.28. The molecule has 0 spiro atoms. The van der Waals surface area contributed by atoms with Gasteiger partial charge in [0.15, 0.2) is 0 Å². The Morgan fingerprint density at radius 3 is 2.40 bits per heavy atom. The first kappa shape index (κ1) is 9.89. The van der Waals surface area contributed by atoms with Crippen molar-refractivity contribution in [1.29, 1.82) is 0 Å². The normalized spacial score (nSPS) is 14.1. The maximum Gasteiger partial charge on any atom is 0.149 e. The lowest BCUT2D eigenvalue weighted by molar-refractivity contribution is 0.174. The van der Waals surface area contributed by atoms with Gasteiger partial charge in [-0.3, -0.25) is 0 Å². The zero-order chi connectivity index (χ0) is 10.9. The summed E-state index contributed by atoms with van der Waals surface area (Å²) in [5.74, 6) is 0. The highest BCUT2D eigenvalue weighted by molar-refractivity contribution is 4.87. The molecular formula is C10H15N5. The first-order valence-electron chi connectivity index (χ1n) is 4.92. The summed E-state index contributed by atoms with van der Waals surface area (Å²) >= 11 is 0. The van der Waals surface area contributed by atoms with Crippen LogP contribution in [0.2, 0.25) is 0 Å². The maximum atomic E-state index is 4.27. The van der Waals surface area contributed by atoms with Crippen molar-refractivity contribution >= 4 is 0 Å². The van der Waals surface area contributed by atoms with E-state index in [2.05, 4.69) is 36.0 Å². The van der Waals surface area contributed by atoms with Crippen LogP contribution in [-0.4, -0.2) is 24.5 Å². The van der Waals surface area contributed by atoms with E-state index < -0.39 is 0 Å². The molecule has 1 unspecified atom stereocenters. The predicted octanol–water partition coefficient (Wildman–Crippen LogP) is 1.57. The van der Waals surface area contributed by atoms with E-state index in [4.69, 9.17) is 0 Å². The number of hydrogen-bond donors (Lipinski definition) is 0. The van der Waals surface area contributed by atoms with Gasteiger partial charge in [0, 0.05) is 17.8 Å². The smallest absolute Gasteiger partial charge is 0.149 e. The van der Waals surface area contributed by atoms with Crippen molar-refractivity contribution < 1.29 is 0 Å². The third kappa shape index (κ3) is 1.91. The summed E-state index contributed by atoms with van der Waals surface area (Å²) in [5.41, 5.74) is 0.0275. The Morgan fingerprint density at radius 1 is 1.13 bits per heavy atom. The van der Waals surface area contributed by atoms with E-state index in [-0.39, 0.29) is 11.6 Å². The minimum absolute atomic E-state index is 0.0275. The van der Waals surface area contributed by atoms with Crippen LogP contribution in [0.5, 0.6) is 0 Å². The molecule has 0 bridgehead atoms. The standard InChI is InChI=1S/C10H15N5/c1-10(2,3)9(14-6-4-5-12-14)15-8-11-7-13-15/h4-9H,1-3H3. The third-order valence-electron chi connectivity index (χ3n) is 2.24. The second kappa shape index (κ2) is 3.49. The molecule has 15 heavy (non-hydrogen) atoms. The van der Waals surface area contributed by atoms with Crippen LogP contribution in [0.25, 0.3) is 0 Å². The maximum absolute atomic E-state index is 4.27. The Bertz CT molecular complexity index is 361. The SMILES string of the molecule is CC(C)(C)C(n1cccn1)n1cncn1. The Kier molecular flexibility index (Phi) is 2.30. The molecule has 0 radical (unpaired) electrons. The van der Waals surface area contributed by atoms with E-state index in [1.54, 1.807) is 18.9 Å². The number of rotatable bonds is 2. The summed E-state index contributed by atoms with van der Waals surface area (Å²) in [6.07, 6.45) is 7.03. The fourth-order valence-electron chi connectivity index (χ4n) is 1.68. The molecule has 2 aromatic rings. The van der Waals surface area contributed by atoms with Gasteiger partial charge in [-0.1, -0.05) is 20.8 Å². The average molecular weight is 205 g/mol. The number of hydrogen-bond acceptors (Lipinski definition) is 3. The molecule has 0 fully saturated rings. The lowest BCUT2D eigenvalue weighted by atomic mass is 9.92. The lowest BCUT2D eigenvalue weighted by Gasteiger charge is -2.30. The molecular weight excluding hydrogens is 190 g/mol. The molecule has 2 aromatic heterocycles. The number of aromatic nitrogens is 5. The summed E-state index contributed by atoms with van der Waals surface area (Å²) in [6.45, 7) is 6.46. The van der Waals surface area contributed by atoms with Crippen LogP contribution >= 0.6 is 0 Å². The van der Waals surface area contributed by atoms with Gasteiger partial charge in [0.05, 0.1) is 0 Å². The molecule has 80 valence electrons. The zero-order valence-electron chi connectivity index (χ0n) is 9.20. The van der Waals surface area contributed by atoms with E-state index in [1.165, 1.54) is 0 Å². The summed E-state index contributed by atoms with van der Waals surface area (Å²) in [4.78, 5) is 3.98. The minimum Gasteiger partial charge on any atom is -0.247 e. The molecule has 0 aromatic carbocycles. The van der Waals surface area contributed by atoms with Gasteiger partial charge in [0.25, 0.3) is 0 Å². The van der Waals surface area contributed by atoms with Gasteiger partial charge >= 0.3 is 0 Å². The van der Waals surface area contributed by atoms with Gasteiger partial charge in [-0.25, -0.2) is 14.3 Å². The molecule has 2 rings (SSSR count). The monoisotopic (exact) mass is 205 g/mol.